The number of nitrogens with one attached hydrogen (secondary N) is 1. The summed E-state index contributed by atoms with van der Waals surface area (Å²) >= 11 is 0. The van der Waals surface area contributed by atoms with Crippen LogP contribution >= 0.6 is 0 Å². The molecule has 0 spiro atoms. The molecule has 2 aromatic rings. The van der Waals surface area contributed by atoms with E-state index in [4.69, 9.17) is 5.11 Å². The first-order valence-corrected chi connectivity index (χ1v) is 5.92. The minimum atomic E-state index is 0.256. The molecule has 0 aliphatic heterocycles. The summed E-state index contributed by atoms with van der Waals surface area (Å²) in [5.41, 5.74) is 1.10. The van der Waals surface area contributed by atoms with Gasteiger partial charge in [-0.15, -0.1) is 0 Å². The van der Waals surface area contributed by atoms with E-state index in [1.165, 1.54) is 0 Å². The van der Waals surface area contributed by atoms with E-state index in [0.29, 0.717) is 6.04 Å². The van der Waals surface area contributed by atoms with Gasteiger partial charge in [0, 0.05) is 31.6 Å². The first-order chi connectivity index (χ1) is 8.31. The van der Waals surface area contributed by atoms with Crippen LogP contribution in [-0.2, 0) is 6.54 Å². The van der Waals surface area contributed by atoms with E-state index in [-0.39, 0.29) is 6.61 Å². The molecule has 2 aromatic heterocycles. The van der Waals surface area contributed by atoms with Gasteiger partial charge in [0.1, 0.15) is 0 Å². The monoisotopic (exact) mass is 234 g/mol. The van der Waals surface area contributed by atoms with Gasteiger partial charge < -0.3 is 10.4 Å². The van der Waals surface area contributed by atoms with Crippen LogP contribution in [-0.4, -0.2) is 32.1 Å². The van der Waals surface area contributed by atoms with Crippen molar-refractivity contribution in [1.29, 1.82) is 0 Å². The lowest BCUT2D eigenvalue weighted by atomic mass is 10.2. The molecule has 0 fully saturated rings. The van der Waals surface area contributed by atoms with E-state index in [2.05, 4.69) is 22.2 Å². The number of aromatic nitrogens is 3. The SMILES string of the molecule is CC(CCCO)NCc1cnc2ncccn12. The summed E-state index contributed by atoms with van der Waals surface area (Å²) in [6, 6.07) is 2.29. The quantitative estimate of drug-likeness (QED) is 0.782. The van der Waals surface area contributed by atoms with Gasteiger partial charge in [-0.2, -0.15) is 0 Å². The second-order valence-electron chi connectivity index (χ2n) is 4.19. The molecule has 17 heavy (non-hydrogen) atoms. The first kappa shape index (κ1) is 12.0. The van der Waals surface area contributed by atoms with Crippen molar-refractivity contribution in [2.45, 2.75) is 32.4 Å². The fourth-order valence-corrected chi connectivity index (χ4v) is 1.79. The maximum atomic E-state index is 8.76. The highest BCUT2D eigenvalue weighted by atomic mass is 16.2. The van der Waals surface area contributed by atoms with Gasteiger partial charge in [0.15, 0.2) is 0 Å². The Bertz CT molecular complexity index is 468. The number of imidazole rings is 1. The summed E-state index contributed by atoms with van der Waals surface area (Å²) in [4.78, 5) is 8.40. The van der Waals surface area contributed by atoms with Crippen LogP contribution in [0.4, 0.5) is 0 Å². The van der Waals surface area contributed by atoms with Gasteiger partial charge in [-0.05, 0) is 25.8 Å². The van der Waals surface area contributed by atoms with Gasteiger partial charge in [0.25, 0.3) is 0 Å². The van der Waals surface area contributed by atoms with Crippen LogP contribution in [0.2, 0.25) is 0 Å². The average Bonchev–Trinajstić information content (AvgIpc) is 2.77. The van der Waals surface area contributed by atoms with Gasteiger partial charge in [0.2, 0.25) is 5.78 Å². The van der Waals surface area contributed by atoms with E-state index >= 15 is 0 Å². The minimum absolute atomic E-state index is 0.256. The molecule has 0 amide bonds. The lowest BCUT2D eigenvalue weighted by Gasteiger charge is -2.12. The number of aliphatic hydroxyl groups is 1. The van der Waals surface area contributed by atoms with Gasteiger partial charge in [-0.25, -0.2) is 9.97 Å². The highest BCUT2D eigenvalue weighted by Gasteiger charge is 2.05. The summed E-state index contributed by atoms with van der Waals surface area (Å²) in [6.07, 6.45) is 7.36. The Labute approximate surface area is 101 Å². The van der Waals surface area contributed by atoms with Gasteiger partial charge in [-0.1, -0.05) is 0 Å². The Balaban J connectivity index is 1.95. The summed E-state index contributed by atoms with van der Waals surface area (Å²) in [5, 5.41) is 12.2. The summed E-state index contributed by atoms with van der Waals surface area (Å²) in [7, 11) is 0. The fourth-order valence-electron chi connectivity index (χ4n) is 1.79. The van der Waals surface area contributed by atoms with Crippen LogP contribution in [0, 0.1) is 0 Å². The molecule has 0 radical (unpaired) electrons. The smallest absolute Gasteiger partial charge is 0.233 e. The number of hydrogen-bond acceptors (Lipinski definition) is 4. The van der Waals surface area contributed by atoms with Crippen molar-refractivity contribution in [3.05, 3.63) is 30.4 Å². The molecule has 0 aromatic carbocycles. The van der Waals surface area contributed by atoms with E-state index in [9.17, 15) is 0 Å². The number of fused-ring (bicyclic) bond motifs is 1. The molecule has 0 aliphatic carbocycles. The van der Waals surface area contributed by atoms with Gasteiger partial charge in [0.05, 0.1) is 11.9 Å². The molecule has 5 nitrogen and oxygen atoms in total. The predicted octanol–water partition coefficient (Wildman–Crippen LogP) is 0.980. The highest BCUT2D eigenvalue weighted by molar-refractivity contribution is 5.30. The molecule has 1 atom stereocenters. The van der Waals surface area contributed by atoms with Gasteiger partial charge in [-0.3, -0.25) is 4.40 Å². The van der Waals surface area contributed by atoms with Crippen LogP contribution in [0.15, 0.2) is 24.7 Å². The number of nitrogens with zero attached hydrogens (tertiary/aromatic N) is 3. The van der Waals surface area contributed by atoms with Gasteiger partial charge >= 0.3 is 0 Å². The molecule has 2 rings (SSSR count). The molecule has 92 valence electrons. The molecule has 1 unspecified atom stereocenters. The fraction of sp³-hybridized carbons (Fsp3) is 0.500. The van der Waals surface area contributed by atoms with E-state index in [1.807, 2.05) is 22.9 Å². The molecule has 0 aliphatic rings. The van der Waals surface area contributed by atoms with Crippen LogP contribution in [0.1, 0.15) is 25.5 Å². The average molecular weight is 234 g/mol. The maximum absolute atomic E-state index is 8.76. The van der Waals surface area contributed by atoms with E-state index in [1.54, 1.807) is 6.20 Å². The van der Waals surface area contributed by atoms with Crippen molar-refractivity contribution >= 4 is 5.78 Å². The molecule has 5 heteroatoms. The Morgan fingerprint density at radius 3 is 3.18 bits per heavy atom. The number of rotatable bonds is 6. The topological polar surface area (TPSA) is 62.5 Å². The Kier molecular flexibility index (Phi) is 4.06. The van der Waals surface area contributed by atoms with Crippen molar-refractivity contribution in [3.63, 3.8) is 0 Å². The third-order valence-electron chi connectivity index (χ3n) is 2.79. The van der Waals surface area contributed by atoms with Crippen molar-refractivity contribution < 1.29 is 5.11 Å². The van der Waals surface area contributed by atoms with Crippen molar-refractivity contribution in [3.8, 4) is 0 Å². The summed E-state index contributed by atoms with van der Waals surface area (Å²) in [6.45, 7) is 3.14. The largest absolute Gasteiger partial charge is 0.396 e. The number of aliphatic hydroxyl groups excluding tert-OH is 1. The molecular formula is C12H18N4O. The zero-order valence-electron chi connectivity index (χ0n) is 10.0. The van der Waals surface area contributed by atoms with E-state index in [0.717, 1.165) is 30.9 Å². The molecule has 0 bridgehead atoms. The van der Waals surface area contributed by atoms with Crippen molar-refractivity contribution in [1.82, 2.24) is 19.7 Å². The standard InChI is InChI=1S/C12H18N4O/c1-10(4-2-7-17)14-8-11-9-15-12-13-5-3-6-16(11)12/h3,5-6,9-10,14,17H,2,4,7-8H2,1H3. The highest BCUT2D eigenvalue weighted by Crippen LogP contribution is 2.04. The van der Waals surface area contributed by atoms with E-state index < -0.39 is 0 Å². The normalized spacial score (nSPS) is 13.1. The maximum Gasteiger partial charge on any atom is 0.233 e. The first-order valence-electron chi connectivity index (χ1n) is 5.92. The lowest BCUT2D eigenvalue weighted by molar-refractivity contribution is 0.276. The molecule has 0 saturated heterocycles. The summed E-state index contributed by atoms with van der Waals surface area (Å²) in [5.74, 6) is 0.729. The summed E-state index contributed by atoms with van der Waals surface area (Å²) < 4.78 is 1.98. The molecule has 2 N–H and O–H groups in total. The minimum Gasteiger partial charge on any atom is -0.396 e. The lowest BCUT2D eigenvalue weighted by Crippen LogP contribution is -2.26. The third kappa shape index (κ3) is 3.01. The zero-order valence-corrected chi connectivity index (χ0v) is 10.0. The van der Waals surface area contributed by atoms with Crippen LogP contribution < -0.4 is 5.32 Å². The zero-order chi connectivity index (χ0) is 12.1. The second kappa shape index (κ2) is 5.75. The van der Waals surface area contributed by atoms with Crippen LogP contribution in [0.3, 0.4) is 0 Å². The molecule has 0 saturated carbocycles. The van der Waals surface area contributed by atoms with Crippen LogP contribution in [0.5, 0.6) is 0 Å². The molecular weight excluding hydrogens is 216 g/mol. The Hall–Kier alpha value is -1.46. The second-order valence-corrected chi connectivity index (χ2v) is 4.19. The Morgan fingerprint density at radius 1 is 1.47 bits per heavy atom. The predicted molar refractivity (Wildman–Crippen MR) is 65.6 cm³/mol. The third-order valence-corrected chi connectivity index (χ3v) is 2.79. The van der Waals surface area contributed by atoms with Crippen LogP contribution in [0.25, 0.3) is 5.78 Å². The number of hydrogen-bond donors (Lipinski definition) is 2. The molecule has 2 heterocycles. The van der Waals surface area contributed by atoms with Crippen molar-refractivity contribution in [2.75, 3.05) is 6.61 Å². The Morgan fingerprint density at radius 2 is 2.35 bits per heavy atom. The van der Waals surface area contributed by atoms with Crippen molar-refractivity contribution in [2.24, 2.45) is 0 Å².